The van der Waals surface area contributed by atoms with E-state index in [0.717, 1.165) is 12.3 Å². The number of aromatic amines is 1. The van der Waals surface area contributed by atoms with Crippen LogP contribution in [0.1, 0.15) is 16.7 Å². The third kappa shape index (κ3) is 6.01. The number of benzene rings is 1. The maximum absolute atomic E-state index is 13.1. The number of amides is 1. The largest absolute Gasteiger partial charge is 0.421 e. The molecule has 0 saturated carbocycles. The van der Waals surface area contributed by atoms with E-state index in [2.05, 4.69) is 15.0 Å². The fourth-order valence-corrected chi connectivity index (χ4v) is 3.72. The predicted octanol–water partition coefficient (Wildman–Crippen LogP) is 4.50. The molecule has 1 aliphatic rings. The van der Waals surface area contributed by atoms with Crippen LogP contribution in [0.15, 0.2) is 47.7 Å². The molecule has 1 saturated heterocycles. The molecule has 8 nitrogen and oxygen atoms in total. The Morgan fingerprint density at radius 1 is 0.919 bits per heavy atom. The number of piperazine rings is 1. The number of pyridine rings is 1. The van der Waals surface area contributed by atoms with E-state index in [0.29, 0.717) is 23.5 Å². The van der Waals surface area contributed by atoms with Crippen molar-refractivity contribution in [3.05, 3.63) is 69.9 Å². The van der Waals surface area contributed by atoms with Gasteiger partial charge >= 0.3 is 18.4 Å². The molecular formula is C23H19F6N5O3. The molecular weight excluding hydrogens is 508 g/mol. The second-order valence-electron chi connectivity index (χ2n) is 8.28. The second-order valence-corrected chi connectivity index (χ2v) is 8.28. The molecule has 1 aliphatic heterocycles. The number of anilines is 1. The lowest BCUT2D eigenvalue weighted by Gasteiger charge is -2.34. The number of aromatic nitrogens is 3. The molecule has 4 rings (SSSR count). The summed E-state index contributed by atoms with van der Waals surface area (Å²) in [5.41, 5.74) is -2.60. The number of ether oxygens (including phenoxy) is 1. The van der Waals surface area contributed by atoms with Gasteiger partial charge in [0.15, 0.2) is 0 Å². The van der Waals surface area contributed by atoms with Gasteiger partial charge in [-0.3, -0.25) is 4.79 Å². The Morgan fingerprint density at radius 2 is 1.57 bits per heavy atom. The van der Waals surface area contributed by atoms with Gasteiger partial charge in [0.1, 0.15) is 11.3 Å². The fourth-order valence-electron chi connectivity index (χ4n) is 3.72. The van der Waals surface area contributed by atoms with Crippen LogP contribution >= 0.6 is 0 Å². The van der Waals surface area contributed by atoms with E-state index in [1.165, 1.54) is 17.0 Å². The van der Waals surface area contributed by atoms with Gasteiger partial charge in [-0.1, -0.05) is 6.07 Å². The first-order valence-corrected chi connectivity index (χ1v) is 10.8. The monoisotopic (exact) mass is 527 g/mol. The highest BCUT2D eigenvalue weighted by Gasteiger charge is 2.34. The summed E-state index contributed by atoms with van der Waals surface area (Å²) in [6, 6.07) is 5.21. The number of nitrogens with one attached hydrogen (secondary N) is 1. The van der Waals surface area contributed by atoms with E-state index >= 15 is 0 Å². The summed E-state index contributed by atoms with van der Waals surface area (Å²) < 4.78 is 82.9. The second kappa shape index (κ2) is 9.75. The molecule has 1 amide bonds. The summed E-state index contributed by atoms with van der Waals surface area (Å²) in [7, 11) is 0. The molecule has 0 atom stereocenters. The van der Waals surface area contributed by atoms with Crippen LogP contribution in [0.5, 0.6) is 5.75 Å². The summed E-state index contributed by atoms with van der Waals surface area (Å²) in [6.45, 7) is 2.52. The van der Waals surface area contributed by atoms with Gasteiger partial charge in [-0.05, 0) is 41.8 Å². The molecule has 196 valence electrons. The van der Waals surface area contributed by atoms with Crippen molar-refractivity contribution in [2.45, 2.75) is 19.3 Å². The zero-order valence-electron chi connectivity index (χ0n) is 19.2. The molecule has 3 heterocycles. The number of carbonyl (C=O) groups is 1. The van der Waals surface area contributed by atoms with Crippen molar-refractivity contribution < 1.29 is 35.9 Å². The fraction of sp³-hybridized carbons (Fsp3) is 0.304. The van der Waals surface area contributed by atoms with Crippen molar-refractivity contribution in [3.63, 3.8) is 0 Å². The predicted molar refractivity (Wildman–Crippen MR) is 119 cm³/mol. The smallest absolute Gasteiger partial charge is 0.410 e. The zero-order valence-corrected chi connectivity index (χ0v) is 19.2. The zero-order chi connectivity index (χ0) is 27.0. The molecule has 2 aromatic heterocycles. The van der Waals surface area contributed by atoms with Crippen molar-refractivity contribution in [2.75, 3.05) is 31.1 Å². The number of alkyl halides is 6. The van der Waals surface area contributed by atoms with E-state index in [-0.39, 0.29) is 43.4 Å². The average molecular weight is 527 g/mol. The summed E-state index contributed by atoms with van der Waals surface area (Å²) in [5.74, 6) is 0.191. The maximum Gasteiger partial charge on any atom is 0.421 e. The lowest BCUT2D eigenvalue weighted by atomic mass is 10.0. The lowest BCUT2D eigenvalue weighted by Crippen LogP contribution is -2.50. The maximum atomic E-state index is 13.1. The molecule has 14 heteroatoms. The Balaban J connectivity index is 1.43. The SMILES string of the molecule is Cc1cc(OC(=O)N2CCN(c3ncc(C(F)(F)F)cn3)CC2)cc(-c2c[nH]c(=O)c(C(F)(F)F)c2)c1. The highest BCUT2D eigenvalue weighted by molar-refractivity contribution is 5.73. The van der Waals surface area contributed by atoms with Crippen LogP contribution in [-0.2, 0) is 12.4 Å². The van der Waals surface area contributed by atoms with Crippen molar-refractivity contribution in [3.8, 4) is 16.9 Å². The standard InChI is InChI=1S/C23H19F6N5O3/c1-13-6-14(15-9-18(23(27,28)29)19(35)30-10-15)8-17(7-13)37-21(36)34-4-2-33(3-5-34)20-31-11-16(12-32-20)22(24,25)26/h6-12H,2-5H2,1H3,(H,30,35). The van der Waals surface area contributed by atoms with Crippen LogP contribution in [0.25, 0.3) is 11.1 Å². The Morgan fingerprint density at radius 3 is 2.16 bits per heavy atom. The summed E-state index contributed by atoms with van der Waals surface area (Å²) in [5, 5.41) is 0. The van der Waals surface area contributed by atoms with Crippen LogP contribution < -0.4 is 15.2 Å². The van der Waals surface area contributed by atoms with Gasteiger partial charge in [0.2, 0.25) is 5.95 Å². The molecule has 1 aromatic carbocycles. The molecule has 0 bridgehead atoms. The van der Waals surface area contributed by atoms with Gasteiger partial charge < -0.3 is 19.5 Å². The summed E-state index contributed by atoms with van der Waals surface area (Å²) >= 11 is 0. The highest BCUT2D eigenvalue weighted by Crippen LogP contribution is 2.31. The first kappa shape index (κ1) is 26.0. The number of rotatable bonds is 3. The van der Waals surface area contributed by atoms with Crippen LogP contribution in [0.4, 0.5) is 37.1 Å². The van der Waals surface area contributed by atoms with Gasteiger partial charge in [-0.25, -0.2) is 14.8 Å². The number of nitrogens with zero attached hydrogens (tertiary/aromatic N) is 4. The number of carbonyl (C=O) groups excluding carboxylic acids is 1. The van der Waals surface area contributed by atoms with E-state index in [4.69, 9.17) is 4.74 Å². The minimum Gasteiger partial charge on any atom is -0.410 e. The molecule has 0 aliphatic carbocycles. The number of aryl methyl sites for hydroxylation is 1. The Hall–Kier alpha value is -4.10. The van der Waals surface area contributed by atoms with Crippen molar-refractivity contribution >= 4 is 12.0 Å². The van der Waals surface area contributed by atoms with Crippen LogP contribution in [0, 0.1) is 6.92 Å². The first-order chi connectivity index (χ1) is 17.3. The topological polar surface area (TPSA) is 91.4 Å². The van der Waals surface area contributed by atoms with Crippen LogP contribution in [0.2, 0.25) is 0 Å². The van der Waals surface area contributed by atoms with Gasteiger partial charge in [0, 0.05) is 44.8 Å². The molecule has 1 N–H and O–H groups in total. The molecule has 0 spiro atoms. The van der Waals surface area contributed by atoms with E-state index in [1.54, 1.807) is 17.9 Å². The number of hydrogen-bond acceptors (Lipinski definition) is 6. The van der Waals surface area contributed by atoms with Gasteiger partial charge in [-0.15, -0.1) is 0 Å². The van der Waals surface area contributed by atoms with E-state index in [1.807, 2.05) is 0 Å². The van der Waals surface area contributed by atoms with Gasteiger partial charge in [0.25, 0.3) is 5.56 Å². The Labute approximate surface area is 205 Å². The number of halogens is 6. The minimum atomic E-state index is -4.84. The highest BCUT2D eigenvalue weighted by atomic mass is 19.4. The number of hydrogen-bond donors (Lipinski definition) is 1. The normalized spacial score (nSPS) is 14.6. The van der Waals surface area contributed by atoms with Crippen molar-refractivity contribution in [1.82, 2.24) is 19.9 Å². The Bertz CT molecular complexity index is 1350. The molecule has 37 heavy (non-hydrogen) atoms. The minimum absolute atomic E-state index is 0.0816. The van der Waals surface area contributed by atoms with E-state index < -0.39 is 35.1 Å². The van der Waals surface area contributed by atoms with Gasteiger partial charge in [0.05, 0.1) is 5.56 Å². The molecule has 3 aromatic rings. The average Bonchev–Trinajstić information content (AvgIpc) is 2.83. The van der Waals surface area contributed by atoms with Crippen LogP contribution in [0.3, 0.4) is 0 Å². The van der Waals surface area contributed by atoms with Crippen molar-refractivity contribution in [2.24, 2.45) is 0 Å². The molecule has 0 unspecified atom stereocenters. The first-order valence-electron chi connectivity index (χ1n) is 10.8. The quantitative estimate of drug-likeness (QED) is 0.505. The lowest BCUT2D eigenvalue weighted by molar-refractivity contribution is -0.139. The summed E-state index contributed by atoms with van der Waals surface area (Å²) in [6.07, 6.45) is -7.57. The Kier molecular flexibility index (Phi) is 6.84. The summed E-state index contributed by atoms with van der Waals surface area (Å²) in [4.78, 5) is 36.8. The van der Waals surface area contributed by atoms with Gasteiger partial charge in [-0.2, -0.15) is 26.3 Å². The molecule has 0 radical (unpaired) electrons. The molecule has 1 fully saturated rings. The number of H-pyrrole nitrogens is 1. The third-order valence-corrected chi connectivity index (χ3v) is 5.58. The van der Waals surface area contributed by atoms with E-state index in [9.17, 15) is 35.9 Å². The van der Waals surface area contributed by atoms with Crippen molar-refractivity contribution in [1.29, 1.82) is 0 Å². The third-order valence-electron chi connectivity index (χ3n) is 5.58. The van der Waals surface area contributed by atoms with Crippen LogP contribution in [-0.4, -0.2) is 52.1 Å².